The SMILES string of the molecule is C[C@@H]1CCCC[C@H]1NC(=O)CSc1nnc(C(F)(F)F)n1N. The van der Waals surface area contributed by atoms with Crippen LogP contribution in [0.5, 0.6) is 0 Å². The van der Waals surface area contributed by atoms with Crippen molar-refractivity contribution in [3.05, 3.63) is 5.82 Å². The van der Waals surface area contributed by atoms with Crippen molar-refractivity contribution in [3.8, 4) is 0 Å². The molecule has 3 N–H and O–H groups in total. The van der Waals surface area contributed by atoms with E-state index in [1.54, 1.807) is 0 Å². The maximum Gasteiger partial charge on any atom is 0.453 e. The Bertz CT molecular complexity index is 533. The molecule has 2 atom stereocenters. The van der Waals surface area contributed by atoms with E-state index in [-0.39, 0.29) is 22.9 Å². The number of amides is 1. The normalized spacial score (nSPS) is 22.5. The third kappa shape index (κ3) is 4.05. The fourth-order valence-electron chi connectivity index (χ4n) is 2.48. The molecule has 10 heteroatoms. The van der Waals surface area contributed by atoms with E-state index in [9.17, 15) is 18.0 Å². The molecule has 1 aromatic heterocycles. The second kappa shape index (κ2) is 6.76. The standard InChI is InChI=1S/C12H18F3N5OS/c1-7-4-2-3-5-8(7)17-9(21)6-22-11-19-18-10(20(11)16)12(13,14)15/h7-8H,2-6,16H2,1H3,(H,17,21)/t7-,8-/m1/s1. The van der Waals surface area contributed by atoms with Gasteiger partial charge in [-0.05, 0) is 18.8 Å². The number of nitrogen functional groups attached to an aromatic ring is 1. The molecule has 1 fully saturated rings. The molecule has 6 nitrogen and oxygen atoms in total. The van der Waals surface area contributed by atoms with Crippen LogP contribution in [0.25, 0.3) is 0 Å². The van der Waals surface area contributed by atoms with E-state index in [1.165, 1.54) is 6.42 Å². The Labute approximate surface area is 130 Å². The molecule has 2 rings (SSSR count). The molecule has 0 saturated heterocycles. The Hall–Kier alpha value is -1.45. The summed E-state index contributed by atoms with van der Waals surface area (Å²) < 4.78 is 37.9. The van der Waals surface area contributed by atoms with Crippen LogP contribution < -0.4 is 11.2 Å². The lowest BCUT2D eigenvalue weighted by Crippen LogP contribution is -2.41. The number of carbonyl (C=O) groups excluding carboxylic acids is 1. The minimum atomic E-state index is -4.67. The highest BCUT2D eigenvalue weighted by molar-refractivity contribution is 7.99. The number of nitrogens with one attached hydrogen (secondary N) is 1. The predicted octanol–water partition coefficient (Wildman–Crippen LogP) is 1.80. The first-order valence-electron chi connectivity index (χ1n) is 6.99. The molecular weight excluding hydrogens is 319 g/mol. The Kier molecular flexibility index (Phi) is 5.20. The lowest BCUT2D eigenvalue weighted by atomic mass is 9.86. The van der Waals surface area contributed by atoms with Gasteiger partial charge in [0.1, 0.15) is 0 Å². The summed E-state index contributed by atoms with van der Waals surface area (Å²) in [5.74, 6) is 4.15. The van der Waals surface area contributed by atoms with Gasteiger partial charge in [0.2, 0.25) is 11.1 Å². The van der Waals surface area contributed by atoms with Gasteiger partial charge in [0.05, 0.1) is 5.75 Å². The molecule has 1 saturated carbocycles. The van der Waals surface area contributed by atoms with Crippen molar-refractivity contribution in [1.82, 2.24) is 20.2 Å². The highest BCUT2D eigenvalue weighted by Crippen LogP contribution is 2.29. The summed E-state index contributed by atoms with van der Waals surface area (Å²) in [7, 11) is 0. The third-order valence-electron chi connectivity index (χ3n) is 3.71. The van der Waals surface area contributed by atoms with E-state index < -0.39 is 12.0 Å². The first-order valence-corrected chi connectivity index (χ1v) is 7.97. The molecule has 0 bridgehead atoms. The van der Waals surface area contributed by atoms with Crippen LogP contribution in [0.2, 0.25) is 0 Å². The van der Waals surface area contributed by atoms with Gasteiger partial charge >= 0.3 is 6.18 Å². The van der Waals surface area contributed by atoms with Crippen LogP contribution >= 0.6 is 11.8 Å². The highest BCUT2D eigenvalue weighted by Gasteiger charge is 2.38. The molecule has 0 spiro atoms. The van der Waals surface area contributed by atoms with Crippen LogP contribution in [0.1, 0.15) is 38.4 Å². The second-order valence-corrected chi connectivity index (χ2v) is 6.34. The maximum atomic E-state index is 12.5. The zero-order valence-electron chi connectivity index (χ0n) is 12.1. The van der Waals surface area contributed by atoms with E-state index >= 15 is 0 Å². The van der Waals surface area contributed by atoms with Crippen LogP contribution in [0.15, 0.2) is 5.16 Å². The zero-order chi connectivity index (χ0) is 16.3. The molecule has 124 valence electrons. The predicted molar refractivity (Wildman–Crippen MR) is 75.5 cm³/mol. The zero-order valence-corrected chi connectivity index (χ0v) is 12.9. The van der Waals surface area contributed by atoms with Gasteiger partial charge in [0.25, 0.3) is 5.82 Å². The number of thioether (sulfide) groups is 1. The van der Waals surface area contributed by atoms with Crippen molar-refractivity contribution in [2.24, 2.45) is 5.92 Å². The maximum absolute atomic E-state index is 12.5. The minimum absolute atomic E-state index is 0.0452. The molecular formula is C12H18F3N5OS. The van der Waals surface area contributed by atoms with Crippen molar-refractivity contribution >= 4 is 17.7 Å². The Balaban J connectivity index is 1.87. The highest BCUT2D eigenvalue weighted by atomic mass is 32.2. The number of halogens is 3. The van der Waals surface area contributed by atoms with Crippen molar-refractivity contribution in [3.63, 3.8) is 0 Å². The molecule has 1 heterocycles. The number of hydrogen-bond donors (Lipinski definition) is 2. The molecule has 0 unspecified atom stereocenters. The number of rotatable bonds is 4. The summed E-state index contributed by atoms with van der Waals surface area (Å²) in [5, 5.41) is 9.15. The molecule has 1 aliphatic carbocycles. The van der Waals surface area contributed by atoms with Gasteiger partial charge < -0.3 is 11.2 Å². The first kappa shape index (κ1) is 16.9. The number of nitrogens with zero attached hydrogens (tertiary/aromatic N) is 3. The average Bonchev–Trinajstić information content (AvgIpc) is 2.80. The minimum Gasteiger partial charge on any atom is -0.352 e. The molecule has 1 aliphatic rings. The number of aromatic nitrogens is 3. The van der Waals surface area contributed by atoms with Crippen molar-refractivity contribution < 1.29 is 18.0 Å². The molecule has 22 heavy (non-hydrogen) atoms. The topological polar surface area (TPSA) is 85.8 Å². The Morgan fingerprint density at radius 3 is 2.68 bits per heavy atom. The van der Waals surface area contributed by atoms with Crippen molar-refractivity contribution in [2.75, 3.05) is 11.6 Å². The molecule has 0 radical (unpaired) electrons. The van der Waals surface area contributed by atoms with Gasteiger partial charge in [0.15, 0.2) is 0 Å². The number of carbonyl (C=O) groups is 1. The smallest absolute Gasteiger partial charge is 0.352 e. The number of nitrogens with two attached hydrogens (primary N) is 1. The van der Waals surface area contributed by atoms with Gasteiger partial charge in [-0.1, -0.05) is 31.5 Å². The van der Waals surface area contributed by atoms with Crippen molar-refractivity contribution in [1.29, 1.82) is 0 Å². The van der Waals surface area contributed by atoms with E-state index in [1.807, 2.05) is 0 Å². The summed E-state index contributed by atoms with van der Waals surface area (Å²) in [5.41, 5.74) is 0. The second-order valence-electron chi connectivity index (χ2n) is 5.40. The summed E-state index contributed by atoms with van der Waals surface area (Å²) >= 11 is 0.834. The van der Waals surface area contributed by atoms with Crippen molar-refractivity contribution in [2.45, 2.75) is 50.0 Å². The quantitative estimate of drug-likeness (QED) is 0.646. The van der Waals surface area contributed by atoms with Crippen LogP contribution in [0.3, 0.4) is 0 Å². The van der Waals surface area contributed by atoms with Gasteiger partial charge in [-0.25, -0.2) is 4.68 Å². The van der Waals surface area contributed by atoms with E-state index in [0.717, 1.165) is 31.0 Å². The number of alkyl halides is 3. The summed E-state index contributed by atoms with van der Waals surface area (Å²) in [4.78, 5) is 11.9. The summed E-state index contributed by atoms with van der Waals surface area (Å²) in [6.45, 7) is 2.09. The molecule has 1 amide bonds. The Morgan fingerprint density at radius 1 is 1.41 bits per heavy atom. The van der Waals surface area contributed by atoms with Crippen LogP contribution in [-0.4, -0.2) is 32.6 Å². The number of hydrogen-bond acceptors (Lipinski definition) is 5. The van der Waals surface area contributed by atoms with E-state index in [4.69, 9.17) is 5.84 Å². The molecule has 0 aromatic carbocycles. The fourth-order valence-corrected chi connectivity index (χ4v) is 3.15. The monoisotopic (exact) mass is 337 g/mol. The lowest BCUT2D eigenvalue weighted by molar-refractivity contribution is -0.146. The summed E-state index contributed by atoms with van der Waals surface area (Å²) in [6, 6.07) is 0.128. The Morgan fingerprint density at radius 2 is 2.09 bits per heavy atom. The summed E-state index contributed by atoms with van der Waals surface area (Å²) in [6.07, 6.45) is -0.416. The average molecular weight is 337 g/mol. The molecule has 0 aliphatic heterocycles. The lowest BCUT2D eigenvalue weighted by Gasteiger charge is -2.29. The van der Waals surface area contributed by atoms with Crippen LogP contribution in [-0.2, 0) is 11.0 Å². The fraction of sp³-hybridized carbons (Fsp3) is 0.750. The van der Waals surface area contributed by atoms with Gasteiger partial charge in [-0.3, -0.25) is 4.79 Å². The van der Waals surface area contributed by atoms with E-state index in [0.29, 0.717) is 10.6 Å². The van der Waals surface area contributed by atoms with Crippen LogP contribution in [0, 0.1) is 5.92 Å². The van der Waals surface area contributed by atoms with Crippen LogP contribution in [0.4, 0.5) is 13.2 Å². The van der Waals surface area contributed by atoms with E-state index in [2.05, 4.69) is 22.4 Å². The van der Waals surface area contributed by atoms with Gasteiger partial charge in [0, 0.05) is 6.04 Å². The first-order chi connectivity index (χ1) is 10.3. The van der Waals surface area contributed by atoms with Gasteiger partial charge in [-0.15, -0.1) is 10.2 Å². The van der Waals surface area contributed by atoms with Gasteiger partial charge in [-0.2, -0.15) is 13.2 Å². The molecule has 1 aromatic rings. The largest absolute Gasteiger partial charge is 0.453 e. The third-order valence-corrected chi connectivity index (χ3v) is 4.65.